The summed E-state index contributed by atoms with van der Waals surface area (Å²) < 4.78 is 0. The molecule has 0 spiro atoms. The third kappa shape index (κ3) is 2.84. The van der Waals surface area contributed by atoms with Crippen molar-refractivity contribution < 1.29 is 14.8 Å². The Morgan fingerprint density at radius 1 is 1.38 bits per heavy atom. The van der Waals surface area contributed by atoms with Gasteiger partial charge in [-0.1, -0.05) is 0 Å². The lowest BCUT2D eigenvalue weighted by Crippen LogP contribution is -2.36. The molecule has 2 aromatic rings. The molecule has 1 fully saturated rings. The molecule has 0 radical (unpaired) electrons. The average molecular weight is 326 g/mol. The van der Waals surface area contributed by atoms with Crippen LogP contribution in [0.25, 0.3) is 10.9 Å². The largest absolute Gasteiger partial charge is 0.481 e. The standard InChI is InChI=1S/C16H14N4O4/c17-9-11-7-15(19-5-3-10(4-6-19)16(21)22)18-14-2-1-12(20(23)24)8-13(11)14/h1-2,7-8,10H,3-6H2,(H,21,22). The number of piperidine rings is 1. The van der Waals surface area contributed by atoms with Crippen molar-refractivity contribution in [1.29, 1.82) is 5.26 Å². The Bertz CT molecular complexity index is 866. The van der Waals surface area contributed by atoms with Gasteiger partial charge in [0.05, 0.1) is 28.0 Å². The van der Waals surface area contributed by atoms with E-state index in [0.29, 0.717) is 48.2 Å². The summed E-state index contributed by atoms with van der Waals surface area (Å²) in [5.41, 5.74) is 0.741. The van der Waals surface area contributed by atoms with Crippen LogP contribution in [0.5, 0.6) is 0 Å². The zero-order chi connectivity index (χ0) is 17.3. The quantitative estimate of drug-likeness (QED) is 0.678. The molecule has 1 saturated heterocycles. The third-order valence-corrected chi connectivity index (χ3v) is 4.28. The second kappa shape index (κ2) is 6.12. The summed E-state index contributed by atoms with van der Waals surface area (Å²) in [5, 5.41) is 29.7. The Labute approximate surface area is 137 Å². The number of hydrogen-bond donors (Lipinski definition) is 1. The van der Waals surface area contributed by atoms with Gasteiger partial charge in [-0.3, -0.25) is 14.9 Å². The number of hydrogen-bond acceptors (Lipinski definition) is 6. The van der Waals surface area contributed by atoms with Gasteiger partial charge >= 0.3 is 5.97 Å². The molecule has 0 amide bonds. The van der Waals surface area contributed by atoms with Crippen LogP contribution in [0.4, 0.5) is 11.5 Å². The lowest BCUT2D eigenvalue weighted by atomic mass is 9.97. The number of carbonyl (C=O) groups is 1. The molecule has 0 bridgehead atoms. The first-order valence-electron chi connectivity index (χ1n) is 7.46. The van der Waals surface area contributed by atoms with Crippen molar-refractivity contribution in [2.45, 2.75) is 12.8 Å². The van der Waals surface area contributed by atoms with E-state index >= 15 is 0 Å². The van der Waals surface area contributed by atoms with E-state index in [9.17, 15) is 20.2 Å². The fraction of sp³-hybridized carbons (Fsp3) is 0.312. The molecule has 1 aromatic heterocycles. The minimum absolute atomic E-state index is 0.0872. The monoisotopic (exact) mass is 326 g/mol. The highest BCUT2D eigenvalue weighted by atomic mass is 16.6. The maximum Gasteiger partial charge on any atom is 0.306 e. The fourth-order valence-electron chi connectivity index (χ4n) is 2.92. The Morgan fingerprint density at radius 2 is 2.08 bits per heavy atom. The normalized spacial score (nSPS) is 15.2. The summed E-state index contributed by atoms with van der Waals surface area (Å²) in [6.07, 6.45) is 1.05. The zero-order valence-electron chi connectivity index (χ0n) is 12.7. The molecular formula is C16H14N4O4. The first kappa shape index (κ1) is 15.7. The zero-order valence-corrected chi connectivity index (χ0v) is 12.7. The average Bonchev–Trinajstić information content (AvgIpc) is 2.60. The number of carboxylic acid groups (broad SMARTS) is 1. The molecular weight excluding hydrogens is 312 g/mol. The number of aliphatic carboxylic acids is 1. The number of rotatable bonds is 3. The highest BCUT2D eigenvalue weighted by molar-refractivity contribution is 5.88. The molecule has 1 aliphatic heterocycles. The lowest BCUT2D eigenvalue weighted by molar-refractivity contribution is -0.384. The van der Waals surface area contributed by atoms with Crippen molar-refractivity contribution in [2.24, 2.45) is 5.92 Å². The number of nitriles is 1. The molecule has 0 aliphatic carbocycles. The molecule has 0 atom stereocenters. The Hall–Kier alpha value is -3.21. The molecule has 8 heteroatoms. The van der Waals surface area contributed by atoms with E-state index in [1.165, 1.54) is 18.2 Å². The Morgan fingerprint density at radius 3 is 2.67 bits per heavy atom. The predicted molar refractivity (Wildman–Crippen MR) is 85.7 cm³/mol. The van der Waals surface area contributed by atoms with Crippen LogP contribution in [0.1, 0.15) is 18.4 Å². The van der Waals surface area contributed by atoms with Crippen LogP contribution in [-0.2, 0) is 4.79 Å². The van der Waals surface area contributed by atoms with Crippen LogP contribution in [0.2, 0.25) is 0 Å². The van der Waals surface area contributed by atoms with E-state index in [1.54, 1.807) is 6.07 Å². The molecule has 1 N–H and O–H groups in total. The van der Waals surface area contributed by atoms with Crippen molar-refractivity contribution in [1.82, 2.24) is 4.98 Å². The number of non-ortho nitro benzene ring substituents is 1. The van der Waals surface area contributed by atoms with Gasteiger partial charge in [-0.25, -0.2) is 4.98 Å². The van der Waals surface area contributed by atoms with Crippen molar-refractivity contribution in [3.05, 3.63) is 39.9 Å². The van der Waals surface area contributed by atoms with Gasteiger partial charge in [0.15, 0.2) is 0 Å². The topological polar surface area (TPSA) is 120 Å². The molecule has 1 aliphatic rings. The first-order chi connectivity index (χ1) is 11.5. The number of anilines is 1. The van der Waals surface area contributed by atoms with Crippen LogP contribution in [0.15, 0.2) is 24.3 Å². The van der Waals surface area contributed by atoms with Gasteiger partial charge in [-0.2, -0.15) is 5.26 Å². The van der Waals surface area contributed by atoms with E-state index in [4.69, 9.17) is 5.11 Å². The number of benzene rings is 1. The highest BCUT2D eigenvalue weighted by Crippen LogP contribution is 2.28. The number of fused-ring (bicyclic) bond motifs is 1. The fourth-order valence-corrected chi connectivity index (χ4v) is 2.92. The maximum absolute atomic E-state index is 11.0. The number of nitro groups is 1. The summed E-state index contributed by atoms with van der Waals surface area (Å²) in [6.45, 7) is 1.10. The molecule has 122 valence electrons. The number of nitro benzene ring substituents is 1. The van der Waals surface area contributed by atoms with Crippen LogP contribution < -0.4 is 4.90 Å². The second-order valence-electron chi connectivity index (χ2n) is 5.70. The van der Waals surface area contributed by atoms with E-state index in [2.05, 4.69) is 11.1 Å². The number of aromatic nitrogens is 1. The van der Waals surface area contributed by atoms with E-state index in [-0.39, 0.29) is 11.6 Å². The minimum Gasteiger partial charge on any atom is -0.481 e. The van der Waals surface area contributed by atoms with Crippen molar-refractivity contribution in [2.75, 3.05) is 18.0 Å². The number of nitrogens with zero attached hydrogens (tertiary/aromatic N) is 4. The van der Waals surface area contributed by atoms with Gasteiger partial charge in [-0.05, 0) is 25.0 Å². The highest BCUT2D eigenvalue weighted by Gasteiger charge is 2.25. The third-order valence-electron chi connectivity index (χ3n) is 4.28. The Kier molecular flexibility index (Phi) is 4.00. The first-order valence-corrected chi connectivity index (χ1v) is 7.46. The molecule has 2 heterocycles. The van der Waals surface area contributed by atoms with Gasteiger partial charge in [0.2, 0.25) is 0 Å². The molecule has 0 unspecified atom stereocenters. The molecule has 8 nitrogen and oxygen atoms in total. The maximum atomic E-state index is 11.0. The second-order valence-corrected chi connectivity index (χ2v) is 5.70. The van der Waals surface area contributed by atoms with Gasteiger partial charge in [0, 0.05) is 30.6 Å². The predicted octanol–water partition coefficient (Wildman–Crippen LogP) is 2.32. The lowest BCUT2D eigenvalue weighted by Gasteiger charge is -2.31. The van der Waals surface area contributed by atoms with Crippen molar-refractivity contribution in [3.63, 3.8) is 0 Å². The van der Waals surface area contributed by atoms with Gasteiger partial charge in [0.25, 0.3) is 5.69 Å². The van der Waals surface area contributed by atoms with Gasteiger partial charge in [0.1, 0.15) is 5.82 Å². The van der Waals surface area contributed by atoms with Crippen LogP contribution in [-0.4, -0.2) is 34.1 Å². The summed E-state index contributed by atoms with van der Waals surface area (Å²) in [5.74, 6) is -0.539. The number of carboxylic acids is 1. The minimum atomic E-state index is -0.786. The molecule has 0 saturated carbocycles. The molecule has 3 rings (SSSR count). The van der Waals surface area contributed by atoms with Gasteiger partial charge < -0.3 is 10.0 Å². The SMILES string of the molecule is N#Cc1cc(N2CCC(C(=O)O)CC2)nc2ccc([N+](=O)[O-])cc12. The summed E-state index contributed by atoms with van der Waals surface area (Å²) >= 11 is 0. The summed E-state index contributed by atoms with van der Waals surface area (Å²) in [7, 11) is 0. The van der Waals surface area contributed by atoms with Gasteiger partial charge in [-0.15, -0.1) is 0 Å². The van der Waals surface area contributed by atoms with E-state index in [0.717, 1.165) is 0 Å². The van der Waals surface area contributed by atoms with E-state index in [1.807, 2.05) is 4.90 Å². The van der Waals surface area contributed by atoms with E-state index < -0.39 is 10.9 Å². The molecule has 1 aromatic carbocycles. The van der Waals surface area contributed by atoms with Crippen molar-refractivity contribution in [3.8, 4) is 6.07 Å². The Balaban J connectivity index is 1.96. The summed E-state index contributed by atoms with van der Waals surface area (Å²) in [4.78, 5) is 27.8. The van der Waals surface area contributed by atoms with Crippen LogP contribution in [0, 0.1) is 27.4 Å². The smallest absolute Gasteiger partial charge is 0.306 e. The van der Waals surface area contributed by atoms with Crippen LogP contribution in [0.3, 0.4) is 0 Å². The van der Waals surface area contributed by atoms with Crippen LogP contribution >= 0.6 is 0 Å². The number of pyridine rings is 1. The summed E-state index contributed by atoms with van der Waals surface area (Å²) in [6, 6.07) is 7.90. The molecule has 24 heavy (non-hydrogen) atoms. The van der Waals surface area contributed by atoms with Crippen molar-refractivity contribution >= 4 is 28.4 Å².